The second kappa shape index (κ2) is 6.97. The maximum absolute atomic E-state index is 12.7. The van der Waals surface area contributed by atoms with Crippen molar-refractivity contribution in [1.82, 2.24) is 15.5 Å². The number of hydrogen-bond acceptors (Lipinski definition) is 3. The van der Waals surface area contributed by atoms with Gasteiger partial charge in [0.25, 0.3) is 0 Å². The number of halogens is 1. The van der Waals surface area contributed by atoms with Gasteiger partial charge in [-0.15, -0.1) is 12.4 Å². The molecule has 0 aromatic rings. The first kappa shape index (κ1) is 18.2. The quantitative estimate of drug-likeness (QED) is 0.807. The van der Waals surface area contributed by atoms with E-state index in [0.29, 0.717) is 12.1 Å². The SMILES string of the molecule is CC(NC(=O)C(C)(C)C)C(=O)N1C2CCNCC1CC2.Cl. The van der Waals surface area contributed by atoms with Crippen LogP contribution in [0.4, 0.5) is 0 Å². The van der Waals surface area contributed by atoms with Crippen molar-refractivity contribution in [2.45, 2.75) is 65.1 Å². The minimum Gasteiger partial charge on any atom is -0.344 e. The monoisotopic (exact) mass is 317 g/mol. The fourth-order valence-electron chi connectivity index (χ4n) is 3.04. The van der Waals surface area contributed by atoms with E-state index in [-0.39, 0.29) is 24.2 Å². The number of carbonyl (C=O) groups is 2. The van der Waals surface area contributed by atoms with E-state index in [2.05, 4.69) is 10.6 Å². The Bertz CT molecular complexity index is 381. The summed E-state index contributed by atoms with van der Waals surface area (Å²) >= 11 is 0. The maximum atomic E-state index is 12.7. The van der Waals surface area contributed by atoms with Crippen LogP contribution in [-0.2, 0) is 9.59 Å². The van der Waals surface area contributed by atoms with Gasteiger partial charge in [-0.1, -0.05) is 20.8 Å². The Morgan fingerprint density at radius 1 is 1.19 bits per heavy atom. The highest BCUT2D eigenvalue weighted by Crippen LogP contribution is 2.28. The van der Waals surface area contributed by atoms with Crippen molar-refractivity contribution in [3.63, 3.8) is 0 Å². The smallest absolute Gasteiger partial charge is 0.245 e. The van der Waals surface area contributed by atoms with Crippen LogP contribution in [0.1, 0.15) is 47.0 Å². The molecule has 122 valence electrons. The number of carbonyl (C=O) groups excluding carboxylic acids is 2. The molecular weight excluding hydrogens is 290 g/mol. The van der Waals surface area contributed by atoms with Crippen LogP contribution in [-0.4, -0.2) is 47.9 Å². The largest absolute Gasteiger partial charge is 0.344 e. The van der Waals surface area contributed by atoms with Crippen molar-refractivity contribution in [3.05, 3.63) is 0 Å². The Morgan fingerprint density at radius 2 is 1.81 bits per heavy atom. The molecule has 0 saturated carbocycles. The number of nitrogens with zero attached hydrogens (tertiary/aromatic N) is 1. The number of rotatable bonds is 2. The lowest BCUT2D eigenvalue weighted by molar-refractivity contribution is -0.140. The summed E-state index contributed by atoms with van der Waals surface area (Å²) in [6.45, 7) is 9.23. The van der Waals surface area contributed by atoms with E-state index >= 15 is 0 Å². The normalized spacial score (nSPS) is 26.6. The average molecular weight is 318 g/mol. The summed E-state index contributed by atoms with van der Waals surface area (Å²) in [6, 6.07) is 0.198. The van der Waals surface area contributed by atoms with Crippen LogP contribution >= 0.6 is 12.4 Å². The molecule has 0 aliphatic carbocycles. The van der Waals surface area contributed by atoms with E-state index in [1.807, 2.05) is 25.7 Å². The van der Waals surface area contributed by atoms with E-state index < -0.39 is 11.5 Å². The van der Waals surface area contributed by atoms with Crippen molar-refractivity contribution in [2.24, 2.45) is 5.41 Å². The number of fused-ring (bicyclic) bond motifs is 2. The summed E-state index contributed by atoms with van der Waals surface area (Å²) in [5.41, 5.74) is -0.464. The Kier molecular flexibility index (Phi) is 6.05. The predicted octanol–water partition coefficient (Wildman–Crippen LogP) is 1.31. The molecule has 2 rings (SSSR count). The maximum Gasteiger partial charge on any atom is 0.245 e. The molecule has 5 nitrogen and oxygen atoms in total. The third kappa shape index (κ3) is 4.10. The Labute approximate surface area is 133 Å². The van der Waals surface area contributed by atoms with E-state index in [4.69, 9.17) is 0 Å². The third-order valence-corrected chi connectivity index (χ3v) is 4.31. The van der Waals surface area contributed by atoms with Gasteiger partial charge in [-0.3, -0.25) is 9.59 Å². The zero-order chi connectivity index (χ0) is 14.9. The summed E-state index contributed by atoms with van der Waals surface area (Å²) in [5, 5.41) is 6.24. The summed E-state index contributed by atoms with van der Waals surface area (Å²) in [4.78, 5) is 26.7. The summed E-state index contributed by atoms with van der Waals surface area (Å²) in [7, 11) is 0. The van der Waals surface area contributed by atoms with Gasteiger partial charge >= 0.3 is 0 Å². The Balaban J connectivity index is 0.00000220. The van der Waals surface area contributed by atoms with Gasteiger partial charge in [0.1, 0.15) is 6.04 Å². The van der Waals surface area contributed by atoms with Gasteiger partial charge in [-0.2, -0.15) is 0 Å². The Hall–Kier alpha value is -0.810. The third-order valence-electron chi connectivity index (χ3n) is 4.31. The van der Waals surface area contributed by atoms with Crippen LogP contribution in [0, 0.1) is 5.41 Å². The summed E-state index contributed by atoms with van der Waals surface area (Å²) < 4.78 is 0. The molecule has 0 aromatic heterocycles. The molecule has 2 saturated heterocycles. The molecule has 0 spiro atoms. The number of nitrogens with one attached hydrogen (secondary N) is 2. The first-order valence-corrected chi connectivity index (χ1v) is 7.64. The van der Waals surface area contributed by atoms with Crippen molar-refractivity contribution >= 4 is 24.2 Å². The minimum absolute atomic E-state index is 0. The van der Waals surface area contributed by atoms with Gasteiger partial charge in [0.15, 0.2) is 0 Å². The van der Waals surface area contributed by atoms with Crippen LogP contribution in [0.25, 0.3) is 0 Å². The molecular formula is C15H28ClN3O2. The van der Waals surface area contributed by atoms with Crippen LogP contribution < -0.4 is 10.6 Å². The van der Waals surface area contributed by atoms with Gasteiger partial charge in [-0.05, 0) is 32.7 Å². The van der Waals surface area contributed by atoms with Gasteiger partial charge in [0, 0.05) is 24.0 Å². The number of amides is 2. The highest BCUT2D eigenvalue weighted by molar-refractivity contribution is 5.89. The highest BCUT2D eigenvalue weighted by Gasteiger charge is 2.40. The first-order valence-electron chi connectivity index (χ1n) is 7.64. The predicted molar refractivity (Wildman–Crippen MR) is 85.5 cm³/mol. The van der Waals surface area contributed by atoms with E-state index in [1.54, 1.807) is 6.92 Å². The minimum atomic E-state index is -0.464. The lowest BCUT2D eigenvalue weighted by Crippen LogP contribution is -2.53. The standard InChI is InChI=1S/C15H27N3O2.ClH/c1-10(17-14(20)15(2,3)4)13(19)18-11-5-6-12(18)9-16-8-7-11;/h10-12,16H,5-9H2,1-4H3,(H,17,20);1H. The topological polar surface area (TPSA) is 61.4 Å². The lowest BCUT2D eigenvalue weighted by Gasteiger charge is -2.31. The van der Waals surface area contributed by atoms with Crippen molar-refractivity contribution in [3.8, 4) is 0 Å². The fourth-order valence-corrected chi connectivity index (χ4v) is 3.04. The van der Waals surface area contributed by atoms with Crippen molar-refractivity contribution in [1.29, 1.82) is 0 Å². The molecule has 21 heavy (non-hydrogen) atoms. The molecule has 6 heteroatoms. The molecule has 0 aromatic carbocycles. The second-order valence-electron chi connectivity index (χ2n) is 7.07. The van der Waals surface area contributed by atoms with Crippen LogP contribution in [0.2, 0.25) is 0 Å². The first-order chi connectivity index (χ1) is 9.30. The average Bonchev–Trinajstić information content (AvgIpc) is 2.60. The van der Waals surface area contributed by atoms with Gasteiger partial charge in [0.2, 0.25) is 11.8 Å². The summed E-state index contributed by atoms with van der Waals surface area (Å²) in [6.07, 6.45) is 3.18. The van der Waals surface area contributed by atoms with E-state index in [9.17, 15) is 9.59 Å². The van der Waals surface area contributed by atoms with E-state index in [0.717, 1.165) is 32.4 Å². The second-order valence-corrected chi connectivity index (χ2v) is 7.07. The van der Waals surface area contributed by atoms with Crippen LogP contribution in [0.5, 0.6) is 0 Å². The molecule has 2 N–H and O–H groups in total. The zero-order valence-corrected chi connectivity index (χ0v) is 14.3. The molecule has 0 radical (unpaired) electrons. The molecule has 3 unspecified atom stereocenters. The molecule has 2 aliphatic rings. The number of hydrogen-bond donors (Lipinski definition) is 2. The van der Waals surface area contributed by atoms with Crippen LogP contribution in [0.15, 0.2) is 0 Å². The molecule has 2 aliphatic heterocycles. The van der Waals surface area contributed by atoms with E-state index in [1.165, 1.54) is 0 Å². The lowest BCUT2D eigenvalue weighted by atomic mass is 9.95. The van der Waals surface area contributed by atoms with Gasteiger partial charge < -0.3 is 15.5 Å². The molecule has 2 bridgehead atoms. The van der Waals surface area contributed by atoms with Gasteiger partial charge in [0.05, 0.1) is 0 Å². The Morgan fingerprint density at radius 3 is 2.43 bits per heavy atom. The molecule has 2 fully saturated rings. The molecule has 2 amide bonds. The van der Waals surface area contributed by atoms with Gasteiger partial charge in [-0.25, -0.2) is 0 Å². The van der Waals surface area contributed by atoms with Crippen LogP contribution in [0.3, 0.4) is 0 Å². The molecule has 2 heterocycles. The van der Waals surface area contributed by atoms with Crippen molar-refractivity contribution < 1.29 is 9.59 Å². The zero-order valence-electron chi connectivity index (χ0n) is 13.4. The van der Waals surface area contributed by atoms with Crippen molar-refractivity contribution in [2.75, 3.05) is 13.1 Å². The summed E-state index contributed by atoms with van der Waals surface area (Å²) in [5.74, 6) is -0.00237. The molecule has 3 atom stereocenters. The fraction of sp³-hybridized carbons (Fsp3) is 0.867. The highest BCUT2D eigenvalue weighted by atomic mass is 35.5.